The van der Waals surface area contributed by atoms with Crippen LogP contribution in [0.5, 0.6) is 0 Å². The molecule has 0 fully saturated rings. The first-order chi connectivity index (χ1) is 14.4. The molecule has 0 rings (SSSR count). The van der Waals surface area contributed by atoms with Crippen molar-refractivity contribution in [2.45, 2.75) is 98.0 Å². The molecular weight excluding hydrogens is 388 g/mol. The lowest BCUT2D eigenvalue weighted by Gasteiger charge is -2.21. The second-order valence-electron chi connectivity index (χ2n) is 7.80. The molecule has 176 valence electrons. The van der Waals surface area contributed by atoms with Gasteiger partial charge in [-0.2, -0.15) is 0 Å². The summed E-state index contributed by atoms with van der Waals surface area (Å²) >= 11 is 0. The van der Waals surface area contributed by atoms with E-state index in [1.165, 1.54) is 6.92 Å². The first-order valence-corrected chi connectivity index (χ1v) is 11.5. The molecule has 0 aliphatic rings. The molecule has 0 radical (unpaired) electrons. The molecule has 0 aromatic rings. The van der Waals surface area contributed by atoms with Crippen LogP contribution in [-0.4, -0.2) is 48.9 Å². The summed E-state index contributed by atoms with van der Waals surface area (Å²) in [5, 5.41) is 9.58. The minimum Gasteiger partial charge on any atom is -0.466 e. The van der Waals surface area contributed by atoms with Crippen LogP contribution < -0.4 is 0 Å². The van der Waals surface area contributed by atoms with Gasteiger partial charge in [-0.05, 0) is 19.3 Å². The van der Waals surface area contributed by atoms with Crippen molar-refractivity contribution in [2.75, 3.05) is 19.8 Å². The van der Waals surface area contributed by atoms with Gasteiger partial charge in [-0.15, -0.1) is 0 Å². The van der Waals surface area contributed by atoms with Crippen LogP contribution >= 0.6 is 0 Å². The molecule has 3 unspecified atom stereocenters. The molecule has 0 saturated carbocycles. The van der Waals surface area contributed by atoms with E-state index < -0.39 is 35.8 Å². The van der Waals surface area contributed by atoms with Gasteiger partial charge < -0.3 is 19.3 Å². The third-order valence-electron chi connectivity index (χ3n) is 5.06. The predicted molar refractivity (Wildman–Crippen MR) is 115 cm³/mol. The highest BCUT2D eigenvalue weighted by Gasteiger charge is 2.35. The number of aliphatic hydroxyl groups excluding tert-OH is 1. The monoisotopic (exact) mass is 430 g/mol. The van der Waals surface area contributed by atoms with Crippen LogP contribution in [0.2, 0.25) is 0 Å². The van der Waals surface area contributed by atoms with Crippen LogP contribution in [0.25, 0.3) is 0 Å². The van der Waals surface area contributed by atoms with Gasteiger partial charge in [0.15, 0.2) is 0 Å². The normalized spacial score (nSPS) is 13.9. The topological polar surface area (TPSA) is 99.1 Å². The van der Waals surface area contributed by atoms with E-state index in [0.717, 1.165) is 51.4 Å². The fourth-order valence-corrected chi connectivity index (χ4v) is 2.82. The van der Waals surface area contributed by atoms with Crippen molar-refractivity contribution in [3.8, 4) is 0 Å². The predicted octanol–water partition coefficient (Wildman–Crippen LogP) is 4.19. The Bertz CT molecular complexity index is 478. The van der Waals surface area contributed by atoms with Gasteiger partial charge in [-0.1, -0.05) is 66.2 Å². The van der Waals surface area contributed by atoms with Crippen molar-refractivity contribution in [3.63, 3.8) is 0 Å². The molecule has 0 aliphatic heterocycles. The zero-order valence-corrected chi connectivity index (χ0v) is 19.3. The number of esters is 3. The average Bonchev–Trinajstić information content (AvgIpc) is 2.74. The molecule has 0 heterocycles. The molecule has 0 spiro atoms. The van der Waals surface area contributed by atoms with E-state index in [1.54, 1.807) is 6.92 Å². The van der Waals surface area contributed by atoms with Crippen molar-refractivity contribution in [3.05, 3.63) is 0 Å². The van der Waals surface area contributed by atoms with Crippen LogP contribution in [0.15, 0.2) is 0 Å². The summed E-state index contributed by atoms with van der Waals surface area (Å²) in [5.74, 6) is -3.58. The summed E-state index contributed by atoms with van der Waals surface area (Å²) < 4.78 is 15.7. The van der Waals surface area contributed by atoms with Crippen molar-refractivity contribution >= 4 is 17.9 Å². The highest BCUT2D eigenvalue weighted by Crippen LogP contribution is 2.21. The van der Waals surface area contributed by atoms with Crippen molar-refractivity contribution < 1.29 is 33.7 Å². The quantitative estimate of drug-likeness (QED) is 0.198. The largest absolute Gasteiger partial charge is 0.466 e. The molecular formula is C23H42O7. The average molecular weight is 431 g/mol. The maximum absolute atomic E-state index is 12.6. The summed E-state index contributed by atoms with van der Waals surface area (Å²) in [7, 11) is 0. The Morgan fingerprint density at radius 3 is 1.87 bits per heavy atom. The maximum Gasteiger partial charge on any atom is 0.310 e. The van der Waals surface area contributed by atoms with Gasteiger partial charge in [0.05, 0.1) is 37.6 Å². The van der Waals surface area contributed by atoms with Gasteiger partial charge in [0.1, 0.15) is 6.61 Å². The summed E-state index contributed by atoms with van der Waals surface area (Å²) in [4.78, 5) is 37.1. The Balaban J connectivity index is 4.78. The Hall–Kier alpha value is -1.63. The van der Waals surface area contributed by atoms with Crippen molar-refractivity contribution in [2.24, 2.45) is 11.8 Å². The van der Waals surface area contributed by atoms with Crippen LogP contribution in [0, 0.1) is 11.8 Å². The second kappa shape index (κ2) is 18.2. The second-order valence-corrected chi connectivity index (χ2v) is 7.80. The molecule has 1 N–H and O–H groups in total. The van der Waals surface area contributed by atoms with Crippen molar-refractivity contribution in [1.82, 2.24) is 0 Å². The summed E-state index contributed by atoms with van der Waals surface area (Å²) in [6.07, 6.45) is 7.25. The molecule has 0 bridgehead atoms. The van der Waals surface area contributed by atoms with Crippen LogP contribution in [0.4, 0.5) is 0 Å². The number of carbonyl (C=O) groups is 3. The van der Waals surface area contributed by atoms with Gasteiger partial charge in [-0.25, -0.2) is 0 Å². The zero-order valence-electron chi connectivity index (χ0n) is 19.3. The SMILES string of the molecule is CCCCCCOC(=O)CC(C(=O)OCCCCCC)C(C)C(=O)OCC(O)CC. The van der Waals surface area contributed by atoms with Gasteiger partial charge >= 0.3 is 17.9 Å². The smallest absolute Gasteiger partial charge is 0.310 e. The molecule has 0 amide bonds. The van der Waals surface area contributed by atoms with Gasteiger partial charge in [0, 0.05) is 0 Å². The van der Waals surface area contributed by atoms with E-state index in [4.69, 9.17) is 14.2 Å². The van der Waals surface area contributed by atoms with Gasteiger partial charge in [-0.3, -0.25) is 14.4 Å². The van der Waals surface area contributed by atoms with Crippen LogP contribution in [0.3, 0.4) is 0 Å². The van der Waals surface area contributed by atoms with Gasteiger partial charge in [0.25, 0.3) is 0 Å². The van der Waals surface area contributed by atoms with E-state index >= 15 is 0 Å². The standard InChI is InChI=1S/C23H42O7/c1-5-8-10-12-14-28-21(25)16-20(23(27)29-15-13-11-9-6-2)18(4)22(26)30-17-19(24)7-3/h18-20,24H,5-17H2,1-4H3. The molecule has 7 nitrogen and oxygen atoms in total. The molecule has 0 aromatic heterocycles. The number of ether oxygens (including phenoxy) is 3. The Morgan fingerprint density at radius 2 is 1.33 bits per heavy atom. The van der Waals surface area contributed by atoms with Crippen molar-refractivity contribution in [1.29, 1.82) is 0 Å². The highest BCUT2D eigenvalue weighted by molar-refractivity contribution is 5.85. The van der Waals surface area contributed by atoms with E-state index in [-0.39, 0.29) is 19.6 Å². The molecule has 7 heteroatoms. The minimum atomic E-state index is -0.967. The third-order valence-corrected chi connectivity index (χ3v) is 5.06. The number of hydrogen-bond donors (Lipinski definition) is 1. The fourth-order valence-electron chi connectivity index (χ4n) is 2.82. The highest BCUT2D eigenvalue weighted by atomic mass is 16.5. The molecule has 0 aliphatic carbocycles. The Labute approximate surface area is 181 Å². The lowest BCUT2D eigenvalue weighted by Crippen LogP contribution is -2.34. The first kappa shape index (κ1) is 28.4. The van der Waals surface area contributed by atoms with E-state index in [9.17, 15) is 19.5 Å². The number of rotatable bonds is 18. The number of carbonyl (C=O) groups excluding carboxylic acids is 3. The van der Waals surface area contributed by atoms with E-state index in [2.05, 4.69) is 13.8 Å². The summed E-state index contributed by atoms with van der Waals surface area (Å²) in [5.41, 5.74) is 0. The molecule has 0 saturated heterocycles. The maximum atomic E-state index is 12.6. The summed E-state index contributed by atoms with van der Waals surface area (Å²) in [6.45, 7) is 7.94. The van der Waals surface area contributed by atoms with Gasteiger partial charge in [0.2, 0.25) is 0 Å². The molecule has 3 atom stereocenters. The first-order valence-electron chi connectivity index (χ1n) is 11.5. The lowest BCUT2D eigenvalue weighted by molar-refractivity contribution is -0.165. The number of unbranched alkanes of at least 4 members (excludes halogenated alkanes) is 6. The Kier molecular flexibility index (Phi) is 17.2. The zero-order chi connectivity index (χ0) is 22.8. The molecule has 30 heavy (non-hydrogen) atoms. The van der Waals surface area contributed by atoms with E-state index in [1.807, 2.05) is 0 Å². The lowest BCUT2D eigenvalue weighted by atomic mass is 9.91. The number of hydrogen-bond acceptors (Lipinski definition) is 7. The minimum absolute atomic E-state index is 0.139. The van der Waals surface area contributed by atoms with Crippen LogP contribution in [0.1, 0.15) is 91.9 Å². The fraction of sp³-hybridized carbons (Fsp3) is 0.870. The summed E-state index contributed by atoms with van der Waals surface area (Å²) in [6, 6.07) is 0. The molecule has 0 aromatic carbocycles. The number of aliphatic hydroxyl groups is 1. The Morgan fingerprint density at radius 1 is 0.767 bits per heavy atom. The third kappa shape index (κ3) is 13.6. The van der Waals surface area contributed by atoms with Crippen LogP contribution in [-0.2, 0) is 28.6 Å². The van der Waals surface area contributed by atoms with E-state index in [0.29, 0.717) is 13.0 Å².